The summed E-state index contributed by atoms with van der Waals surface area (Å²) in [5.74, 6) is 0.468. The van der Waals surface area contributed by atoms with Gasteiger partial charge in [-0.1, -0.05) is 42.1 Å². The molecule has 0 aliphatic heterocycles. The second-order valence-electron chi connectivity index (χ2n) is 5.63. The summed E-state index contributed by atoms with van der Waals surface area (Å²) in [4.78, 5) is 16.2. The van der Waals surface area contributed by atoms with E-state index in [1.165, 1.54) is 11.8 Å². The van der Waals surface area contributed by atoms with Crippen molar-refractivity contribution < 1.29 is 9.53 Å². The predicted molar refractivity (Wildman–Crippen MR) is 101 cm³/mol. The lowest BCUT2D eigenvalue weighted by molar-refractivity contribution is -0.142. The van der Waals surface area contributed by atoms with Crippen LogP contribution in [0.15, 0.2) is 60.0 Å². The van der Waals surface area contributed by atoms with Crippen molar-refractivity contribution >= 4 is 17.7 Å². The van der Waals surface area contributed by atoms with Gasteiger partial charge in [0.15, 0.2) is 11.0 Å². The number of hydrogen-bond donors (Lipinski definition) is 0. The van der Waals surface area contributed by atoms with Crippen LogP contribution in [0.3, 0.4) is 0 Å². The molecule has 0 bridgehead atoms. The van der Waals surface area contributed by atoms with Gasteiger partial charge in [0.2, 0.25) is 0 Å². The van der Waals surface area contributed by atoms with Crippen molar-refractivity contribution in [2.24, 2.45) is 0 Å². The van der Waals surface area contributed by atoms with Crippen LogP contribution < -0.4 is 0 Å². The number of rotatable bonds is 7. The highest BCUT2D eigenvalue weighted by molar-refractivity contribution is 8.00. The minimum absolute atomic E-state index is 0.255. The highest BCUT2D eigenvalue weighted by Gasteiger charge is 2.21. The van der Waals surface area contributed by atoms with Crippen LogP contribution in [0.25, 0.3) is 11.4 Å². The highest BCUT2D eigenvalue weighted by Crippen LogP contribution is 2.28. The summed E-state index contributed by atoms with van der Waals surface area (Å²) in [6, 6.07) is 13.9. The van der Waals surface area contributed by atoms with Crippen molar-refractivity contribution in [1.82, 2.24) is 19.7 Å². The van der Waals surface area contributed by atoms with Gasteiger partial charge in [-0.05, 0) is 31.5 Å². The lowest BCUT2D eigenvalue weighted by atomic mass is 10.2. The second kappa shape index (κ2) is 8.62. The van der Waals surface area contributed by atoms with E-state index in [-0.39, 0.29) is 11.2 Å². The molecule has 0 N–H and O–H groups in total. The second-order valence-corrected chi connectivity index (χ2v) is 6.94. The molecular weight excluding hydrogens is 348 g/mol. The van der Waals surface area contributed by atoms with Gasteiger partial charge in [-0.3, -0.25) is 14.3 Å². The summed E-state index contributed by atoms with van der Waals surface area (Å²) in [7, 11) is 0. The normalized spacial score (nSPS) is 11.9. The Morgan fingerprint density at radius 1 is 1.19 bits per heavy atom. The maximum Gasteiger partial charge on any atom is 0.319 e. The van der Waals surface area contributed by atoms with Crippen LogP contribution in [0, 0.1) is 0 Å². The van der Waals surface area contributed by atoms with Gasteiger partial charge in [-0.15, -0.1) is 10.2 Å². The molecule has 7 heteroatoms. The molecular formula is C19H20N4O2S. The molecule has 6 nitrogen and oxygen atoms in total. The van der Waals surface area contributed by atoms with Crippen LogP contribution >= 0.6 is 11.8 Å². The van der Waals surface area contributed by atoms with Gasteiger partial charge in [-0.25, -0.2) is 0 Å². The number of ether oxygens (including phenoxy) is 1. The van der Waals surface area contributed by atoms with Crippen LogP contribution in [0.1, 0.15) is 19.4 Å². The zero-order valence-corrected chi connectivity index (χ0v) is 15.5. The molecule has 0 aliphatic rings. The van der Waals surface area contributed by atoms with Gasteiger partial charge in [0.25, 0.3) is 0 Å². The first-order chi connectivity index (χ1) is 12.7. The highest BCUT2D eigenvalue weighted by atomic mass is 32.2. The molecule has 0 saturated heterocycles. The average Bonchev–Trinajstić information content (AvgIpc) is 3.05. The van der Waals surface area contributed by atoms with Crippen molar-refractivity contribution in [2.75, 3.05) is 6.61 Å². The predicted octanol–water partition coefficient (Wildman–Crippen LogP) is 3.43. The Balaban J connectivity index is 1.94. The lowest BCUT2D eigenvalue weighted by Crippen LogP contribution is -2.17. The molecule has 0 aliphatic carbocycles. The van der Waals surface area contributed by atoms with E-state index >= 15 is 0 Å². The largest absolute Gasteiger partial charge is 0.465 e. The molecule has 0 radical (unpaired) electrons. The zero-order chi connectivity index (χ0) is 18.4. The average molecular weight is 368 g/mol. The molecule has 0 amide bonds. The Labute approximate surface area is 156 Å². The summed E-state index contributed by atoms with van der Waals surface area (Å²) in [5, 5.41) is 8.96. The van der Waals surface area contributed by atoms with Crippen LogP contribution in [0.5, 0.6) is 0 Å². The van der Waals surface area contributed by atoms with E-state index in [1.54, 1.807) is 19.3 Å². The third kappa shape index (κ3) is 4.29. The van der Waals surface area contributed by atoms with Crippen molar-refractivity contribution in [3.05, 3.63) is 60.4 Å². The number of carbonyl (C=O) groups is 1. The molecule has 134 valence electrons. The van der Waals surface area contributed by atoms with Crippen molar-refractivity contribution in [1.29, 1.82) is 0 Å². The molecule has 1 unspecified atom stereocenters. The summed E-state index contributed by atoms with van der Waals surface area (Å²) < 4.78 is 7.10. The first-order valence-electron chi connectivity index (χ1n) is 8.40. The number of benzene rings is 1. The number of esters is 1. The Bertz CT molecular complexity index is 852. The van der Waals surface area contributed by atoms with Gasteiger partial charge in [-0.2, -0.15) is 0 Å². The van der Waals surface area contributed by atoms with Gasteiger partial charge in [0, 0.05) is 18.0 Å². The van der Waals surface area contributed by atoms with Crippen molar-refractivity contribution in [2.45, 2.75) is 30.8 Å². The van der Waals surface area contributed by atoms with Gasteiger partial charge < -0.3 is 4.74 Å². The lowest BCUT2D eigenvalue weighted by Gasteiger charge is -2.13. The Morgan fingerprint density at radius 2 is 2.00 bits per heavy atom. The van der Waals surface area contributed by atoms with E-state index in [0.717, 1.165) is 17.0 Å². The summed E-state index contributed by atoms with van der Waals surface area (Å²) in [6.07, 6.45) is 3.48. The van der Waals surface area contributed by atoms with Gasteiger partial charge in [0.05, 0.1) is 13.2 Å². The van der Waals surface area contributed by atoms with E-state index in [4.69, 9.17) is 4.74 Å². The number of aromatic nitrogens is 4. The minimum atomic E-state index is -0.365. The van der Waals surface area contributed by atoms with Crippen LogP contribution in [-0.2, 0) is 16.1 Å². The van der Waals surface area contributed by atoms with E-state index in [0.29, 0.717) is 18.3 Å². The standard InChI is InChI=1S/C19H20N4O2S/c1-3-25-18(24)14(2)26-19-22-21-17(16-10-7-11-20-12-16)23(19)13-15-8-5-4-6-9-15/h4-12,14H,3,13H2,1-2H3. The third-order valence-corrected chi connectivity index (χ3v) is 4.78. The third-order valence-electron chi connectivity index (χ3n) is 3.72. The number of nitrogens with zero attached hydrogens (tertiary/aromatic N) is 4. The molecule has 0 fully saturated rings. The topological polar surface area (TPSA) is 69.9 Å². The molecule has 1 atom stereocenters. The Hall–Kier alpha value is -2.67. The monoisotopic (exact) mass is 368 g/mol. The minimum Gasteiger partial charge on any atom is -0.465 e. The van der Waals surface area contributed by atoms with E-state index < -0.39 is 0 Å². The van der Waals surface area contributed by atoms with Crippen LogP contribution in [0.2, 0.25) is 0 Å². The summed E-state index contributed by atoms with van der Waals surface area (Å²) in [6.45, 7) is 4.58. The fourth-order valence-electron chi connectivity index (χ4n) is 2.46. The number of carbonyl (C=O) groups excluding carboxylic acids is 1. The van der Waals surface area contributed by atoms with E-state index in [1.807, 2.05) is 41.8 Å². The van der Waals surface area contributed by atoms with E-state index in [9.17, 15) is 4.79 Å². The number of pyridine rings is 1. The molecule has 3 aromatic rings. The Morgan fingerprint density at radius 3 is 2.69 bits per heavy atom. The summed E-state index contributed by atoms with van der Waals surface area (Å²) in [5.41, 5.74) is 2.01. The van der Waals surface area contributed by atoms with Crippen molar-refractivity contribution in [3.63, 3.8) is 0 Å². The molecule has 2 heterocycles. The maximum atomic E-state index is 12.0. The van der Waals surface area contributed by atoms with Gasteiger partial charge >= 0.3 is 5.97 Å². The molecule has 26 heavy (non-hydrogen) atoms. The quantitative estimate of drug-likeness (QED) is 0.470. The fraction of sp³-hybridized carbons (Fsp3) is 0.263. The Kier molecular flexibility index (Phi) is 6.01. The fourth-order valence-corrected chi connectivity index (χ4v) is 3.31. The number of hydrogen-bond acceptors (Lipinski definition) is 6. The molecule has 0 spiro atoms. The molecule has 0 saturated carbocycles. The summed E-state index contributed by atoms with van der Waals surface area (Å²) >= 11 is 1.35. The van der Waals surface area contributed by atoms with Crippen LogP contribution in [0.4, 0.5) is 0 Å². The van der Waals surface area contributed by atoms with Crippen molar-refractivity contribution in [3.8, 4) is 11.4 Å². The zero-order valence-electron chi connectivity index (χ0n) is 14.7. The SMILES string of the molecule is CCOC(=O)C(C)Sc1nnc(-c2cccnc2)n1Cc1ccccc1. The van der Waals surface area contributed by atoms with Crippen LogP contribution in [-0.4, -0.2) is 37.6 Å². The number of thioether (sulfide) groups is 1. The maximum absolute atomic E-state index is 12.0. The molecule has 2 aromatic heterocycles. The molecule has 1 aromatic carbocycles. The smallest absolute Gasteiger partial charge is 0.319 e. The molecule has 3 rings (SSSR count). The first-order valence-corrected chi connectivity index (χ1v) is 9.27. The first kappa shape index (κ1) is 18.1. The van der Waals surface area contributed by atoms with Gasteiger partial charge in [0.1, 0.15) is 5.25 Å². The van der Waals surface area contributed by atoms with E-state index in [2.05, 4.69) is 27.3 Å².